The van der Waals surface area contributed by atoms with Crippen molar-refractivity contribution in [3.8, 4) is 0 Å². The number of aromatic nitrogens is 2. The topological polar surface area (TPSA) is 94.5 Å². The summed E-state index contributed by atoms with van der Waals surface area (Å²) in [5.74, 6) is -0.274. The number of amides is 2. The van der Waals surface area contributed by atoms with E-state index in [1.807, 2.05) is 4.57 Å². The highest BCUT2D eigenvalue weighted by Crippen LogP contribution is 2.22. The van der Waals surface area contributed by atoms with Crippen molar-refractivity contribution in [1.82, 2.24) is 20.2 Å². The fourth-order valence-electron chi connectivity index (χ4n) is 2.64. The monoisotopic (exact) mass is 324 g/mol. The van der Waals surface area contributed by atoms with Gasteiger partial charge in [0.05, 0.1) is 31.2 Å². The van der Waals surface area contributed by atoms with Crippen molar-refractivity contribution < 1.29 is 19.1 Å². The summed E-state index contributed by atoms with van der Waals surface area (Å²) in [6.45, 7) is 2.47. The molecule has 8 heteroatoms. The standard InChI is InChI=1S/C15H24N4O4/c1-22-7-5-16-14(20)11-3-4-12-13(18-10-19(12)9-11)15(21)17-6-8-23-2/h10-11H,3-9H2,1-2H3,(H,16,20)(H,17,21). The van der Waals surface area contributed by atoms with Crippen LogP contribution in [0.4, 0.5) is 0 Å². The summed E-state index contributed by atoms with van der Waals surface area (Å²) in [5.41, 5.74) is 1.33. The number of ether oxygens (including phenoxy) is 2. The second kappa shape index (κ2) is 8.64. The Labute approximate surface area is 135 Å². The van der Waals surface area contributed by atoms with Crippen LogP contribution in [0, 0.1) is 5.92 Å². The molecule has 1 unspecified atom stereocenters. The van der Waals surface area contributed by atoms with Gasteiger partial charge in [0.15, 0.2) is 0 Å². The Morgan fingerprint density at radius 3 is 2.65 bits per heavy atom. The molecule has 0 radical (unpaired) electrons. The average Bonchev–Trinajstić information content (AvgIpc) is 2.98. The summed E-state index contributed by atoms with van der Waals surface area (Å²) in [6, 6.07) is 0. The summed E-state index contributed by atoms with van der Waals surface area (Å²) in [4.78, 5) is 28.4. The van der Waals surface area contributed by atoms with Crippen molar-refractivity contribution >= 4 is 11.8 Å². The van der Waals surface area contributed by atoms with Crippen LogP contribution in [0.2, 0.25) is 0 Å². The first-order valence-electron chi connectivity index (χ1n) is 7.75. The smallest absolute Gasteiger partial charge is 0.271 e. The molecule has 0 aromatic carbocycles. The lowest BCUT2D eigenvalue weighted by Gasteiger charge is -2.23. The van der Waals surface area contributed by atoms with Gasteiger partial charge < -0.3 is 24.7 Å². The molecule has 1 atom stereocenters. The SMILES string of the molecule is COCCNC(=O)c1ncn2c1CCC(C(=O)NCCOC)C2. The molecule has 0 fully saturated rings. The van der Waals surface area contributed by atoms with Crippen LogP contribution in [-0.2, 0) is 27.2 Å². The molecule has 0 aliphatic carbocycles. The van der Waals surface area contributed by atoms with Crippen LogP contribution in [0.1, 0.15) is 22.6 Å². The predicted octanol–water partition coefficient (Wildman–Crippen LogP) is -0.416. The molecule has 0 saturated heterocycles. The van der Waals surface area contributed by atoms with Gasteiger partial charge in [0.1, 0.15) is 5.69 Å². The number of rotatable bonds is 8. The van der Waals surface area contributed by atoms with E-state index < -0.39 is 0 Å². The third-order valence-corrected chi connectivity index (χ3v) is 3.88. The molecule has 128 valence electrons. The van der Waals surface area contributed by atoms with Gasteiger partial charge in [-0.05, 0) is 12.8 Å². The fourth-order valence-corrected chi connectivity index (χ4v) is 2.64. The molecule has 23 heavy (non-hydrogen) atoms. The average molecular weight is 324 g/mol. The van der Waals surface area contributed by atoms with E-state index in [-0.39, 0.29) is 17.7 Å². The number of hydrogen-bond donors (Lipinski definition) is 2. The number of carbonyl (C=O) groups excluding carboxylic acids is 2. The molecule has 2 heterocycles. The first kappa shape index (κ1) is 17.4. The molecule has 1 aliphatic rings. The largest absolute Gasteiger partial charge is 0.383 e. The van der Waals surface area contributed by atoms with Crippen molar-refractivity contribution in [3.63, 3.8) is 0 Å². The van der Waals surface area contributed by atoms with Gasteiger partial charge in [-0.2, -0.15) is 0 Å². The van der Waals surface area contributed by atoms with Crippen LogP contribution in [0.15, 0.2) is 6.33 Å². The number of imidazole rings is 1. The molecule has 2 amide bonds. The van der Waals surface area contributed by atoms with E-state index in [1.54, 1.807) is 20.5 Å². The Balaban J connectivity index is 1.93. The molecular formula is C15H24N4O4. The second-order valence-corrected chi connectivity index (χ2v) is 5.46. The van der Waals surface area contributed by atoms with Crippen molar-refractivity contribution in [3.05, 3.63) is 17.7 Å². The Kier molecular flexibility index (Phi) is 6.54. The van der Waals surface area contributed by atoms with Gasteiger partial charge in [0.25, 0.3) is 5.91 Å². The first-order chi connectivity index (χ1) is 11.2. The minimum atomic E-state index is -0.196. The van der Waals surface area contributed by atoms with Gasteiger partial charge in [-0.25, -0.2) is 4.98 Å². The number of fused-ring (bicyclic) bond motifs is 1. The maximum Gasteiger partial charge on any atom is 0.271 e. The third-order valence-electron chi connectivity index (χ3n) is 3.88. The summed E-state index contributed by atoms with van der Waals surface area (Å²) < 4.78 is 11.7. The summed E-state index contributed by atoms with van der Waals surface area (Å²) >= 11 is 0. The van der Waals surface area contributed by atoms with Crippen molar-refractivity contribution in [2.75, 3.05) is 40.5 Å². The molecule has 2 N–H and O–H groups in total. The molecule has 8 nitrogen and oxygen atoms in total. The van der Waals surface area contributed by atoms with Crippen LogP contribution in [-0.4, -0.2) is 61.9 Å². The van der Waals surface area contributed by atoms with E-state index in [4.69, 9.17) is 9.47 Å². The minimum absolute atomic E-state index is 0.0208. The van der Waals surface area contributed by atoms with Gasteiger partial charge in [0, 0.05) is 33.9 Å². The van der Waals surface area contributed by atoms with Gasteiger partial charge in [-0.15, -0.1) is 0 Å². The zero-order valence-corrected chi connectivity index (χ0v) is 13.6. The number of methoxy groups -OCH3 is 2. The molecule has 2 rings (SSSR count). The summed E-state index contributed by atoms with van der Waals surface area (Å²) in [6.07, 6.45) is 3.01. The minimum Gasteiger partial charge on any atom is -0.383 e. The number of nitrogens with zero attached hydrogens (tertiary/aromatic N) is 2. The van der Waals surface area contributed by atoms with Crippen molar-refractivity contribution in [1.29, 1.82) is 0 Å². The van der Waals surface area contributed by atoms with Crippen LogP contribution in [0.3, 0.4) is 0 Å². The van der Waals surface area contributed by atoms with Crippen molar-refractivity contribution in [2.24, 2.45) is 5.92 Å². The van der Waals surface area contributed by atoms with Crippen LogP contribution in [0.5, 0.6) is 0 Å². The molecule has 1 aromatic rings. The van der Waals surface area contributed by atoms with Gasteiger partial charge in [0.2, 0.25) is 5.91 Å². The van der Waals surface area contributed by atoms with E-state index in [9.17, 15) is 9.59 Å². The van der Waals surface area contributed by atoms with E-state index in [1.165, 1.54) is 0 Å². The van der Waals surface area contributed by atoms with Gasteiger partial charge in [-0.1, -0.05) is 0 Å². The Bertz CT molecular complexity index is 544. The highest BCUT2D eigenvalue weighted by molar-refractivity contribution is 5.93. The van der Waals surface area contributed by atoms with E-state index in [0.717, 1.165) is 5.69 Å². The summed E-state index contributed by atoms with van der Waals surface area (Å²) in [7, 11) is 3.19. The normalized spacial score (nSPS) is 16.7. The van der Waals surface area contributed by atoms with Gasteiger partial charge >= 0.3 is 0 Å². The van der Waals surface area contributed by atoms with Crippen LogP contribution in [0.25, 0.3) is 0 Å². The highest BCUT2D eigenvalue weighted by Gasteiger charge is 2.28. The Morgan fingerprint density at radius 1 is 1.26 bits per heavy atom. The van der Waals surface area contributed by atoms with E-state index in [2.05, 4.69) is 15.6 Å². The van der Waals surface area contributed by atoms with Crippen LogP contribution >= 0.6 is 0 Å². The number of nitrogens with one attached hydrogen (secondary N) is 2. The lowest BCUT2D eigenvalue weighted by Crippen LogP contribution is -2.37. The number of carbonyl (C=O) groups is 2. The first-order valence-corrected chi connectivity index (χ1v) is 7.75. The quantitative estimate of drug-likeness (QED) is 0.634. The third kappa shape index (κ3) is 4.52. The number of hydrogen-bond acceptors (Lipinski definition) is 5. The molecule has 0 spiro atoms. The Morgan fingerprint density at radius 2 is 1.96 bits per heavy atom. The second-order valence-electron chi connectivity index (χ2n) is 5.46. The zero-order chi connectivity index (χ0) is 16.7. The lowest BCUT2D eigenvalue weighted by atomic mass is 9.96. The fraction of sp³-hybridized carbons (Fsp3) is 0.667. The molecule has 1 aromatic heterocycles. The van der Waals surface area contributed by atoms with E-state index in [0.29, 0.717) is 51.4 Å². The Hall–Kier alpha value is -1.93. The molecule has 0 saturated carbocycles. The van der Waals surface area contributed by atoms with Crippen molar-refractivity contribution in [2.45, 2.75) is 19.4 Å². The molecule has 0 bridgehead atoms. The maximum atomic E-state index is 12.1. The zero-order valence-electron chi connectivity index (χ0n) is 13.6. The van der Waals surface area contributed by atoms with Gasteiger partial charge in [-0.3, -0.25) is 9.59 Å². The maximum absolute atomic E-state index is 12.1. The lowest BCUT2D eigenvalue weighted by molar-refractivity contribution is -0.126. The van der Waals surface area contributed by atoms with Crippen LogP contribution < -0.4 is 10.6 Å². The molecule has 1 aliphatic heterocycles. The predicted molar refractivity (Wildman–Crippen MR) is 83.1 cm³/mol. The van der Waals surface area contributed by atoms with E-state index >= 15 is 0 Å². The highest BCUT2D eigenvalue weighted by atomic mass is 16.5. The summed E-state index contributed by atoms with van der Waals surface area (Å²) in [5, 5.41) is 5.63. The molecular weight excluding hydrogens is 300 g/mol.